The van der Waals surface area contributed by atoms with Crippen molar-refractivity contribution in [2.75, 3.05) is 24.5 Å². The third-order valence-electron chi connectivity index (χ3n) is 5.85. The van der Waals surface area contributed by atoms with E-state index < -0.39 is 0 Å². The fraction of sp³-hybridized carbons (Fsp3) is 0.391. The number of pyridine rings is 1. The van der Waals surface area contributed by atoms with Crippen molar-refractivity contribution in [3.8, 4) is 0 Å². The Morgan fingerprint density at radius 1 is 1.00 bits per heavy atom. The smallest absolute Gasteiger partial charge is 0.226 e. The number of hydrogen-bond donors (Lipinski definition) is 0. The van der Waals surface area contributed by atoms with Crippen LogP contribution in [0.2, 0.25) is 0 Å². The maximum absolute atomic E-state index is 13.3. The second-order valence-corrected chi connectivity index (χ2v) is 7.55. The van der Waals surface area contributed by atoms with E-state index in [4.69, 9.17) is 0 Å². The van der Waals surface area contributed by atoms with Gasteiger partial charge >= 0.3 is 0 Å². The fourth-order valence-electron chi connectivity index (χ4n) is 4.31. The van der Waals surface area contributed by atoms with E-state index in [9.17, 15) is 4.79 Å². The van der Waals surface area contributed by atoms with Gasteiger partial charge in [-0.05, 0) is 42.9 Å². The summed E-state index contributed by atoms with van der Waals surface area (Å²) >= 11 is 0. The molecule has 0 saturated carbocycles. The second kappa shape index (κ2) is 8.38. The van der Waals surface area contributed by atoms with Crippen molar-refractivity contribution in [2.24, 2.45) is 11.8 Å². The highest BCUT2D eigenvalue weighted by Gasteiger charge is 2.34. The first-order valence-electron chi connectivity index (χ1n) is 9.94. The molecule has 4 nitrogen and oxygen atoms in total. The number of rotatable bonds is 4. The molecule has 1 saturated heterocycles. The number of nitrogens with zero attached hydrogens (tertiary/aromatic N) is 3. The first-order chi connectivity index (χ1) is 13.3. The van der Waals surface area contributed by atoms with Gasteiger partial charge in [-0.2, -0.15) is 0 Å². The van der Waals surface area contributed by atoms with E-state index in [1.807, 2.05) is 41.6 Å². The molecule has 27 heavy (non-hydrogen) atoms. The molecule has 1 aromatic heterocycles. The van der Waals surface area contributed by atoms with Gasteiger partial charge in [0, 0.05) is 38.3 Å². The van der Waals surface area contributed by atoms with Crippen LogP contribution in [0.1, 0.15) is 24.8 Å². The van der Waals surface area contributed by atoms with Crippen molar-refractivity contribution in [1.29, 1.82) is 0 Å². The Morgan fingerprint density at radius 3 is 2.56 bits per heavy atom. The number of amides is 1. The van der Waals surface area contributed by atoms with Gasteiger partial charge in [-0.3, -0.25) is 9.78 Å². The van der Waals surface area contributed by atoms with E-state index in [0.29, 0.717) is 18.4 Å². The number of benzene rings is 1. The fourth-order valence-corrected chi connectivity index (χ4v) is 4.31. The van der Waals surface area contributed by atoms with Crippen LogP contribution < -0.4 is 4.90 Å². The highest BCUT2D eigenvalue weighted by Crippen LogP contribution is 2.32. The van der Waals surface area contributed by atoms with Gasteiger partial charge in [0.2, 0.25) is 5.91 Å². The number of carbonyl (C=O) groups is 1. The SMILES string of the molecule is O=C1C(C2CCN(c3cccnc3)CC2)CC=CCN1Cc1ccccc1. The van der Waals surface area contributed by atoms with Crippen LogP contribution in [0.3, 0.4) is 0 Å². The monoisotopic (exact) mass is 361 g/mol. The maximum atomic E-state index is 13.3. The van der Waals surface area contributed by atoms with Crippen molar-refractivity contribution in [1.82, 2.24) is 9.88 Å². The predicted molar refractivity (Wildman–Crippen MR) is 108 cm³/mol. The summed E-state index contributed by atoms with van der Waals surface area (Å²) in [5.41, 5.74) is 2.39. The van der Waals surface area contributed by atoms with Gasteiger partial charge in [0.1, 0.15) is 0 Å². The standard InChI is InChI=1S/C23H27N3O/c27-23-22(10-4-5-14-26(23)18-19-7-2-1-3-8-19)20-11-15-25(16-12-20)21-9-6-13-24-17-21/h1-9,13,17,20,22H,10-12,14-16,18H2. The normalized spacial score (nSPS) is 21.3. The average Bonchev–Trinajstić information content (AvgIpc) is 2.91. The quantitative estimate of drug-likeness (QED) is 0.775. The summed E-state index contributed by atoms with van der Waals surface area (Å²) < 4.78 is 0. The summed E-state index contributed by atoms with van der Waals surface area (Å²) in [5, 5.41) is 0. The third-order valence-corrected chi connectivity index (χ3v) is 5.85. The van der Waals surface area contributed by atoms with Crippen LogP contribution in [0, 0.1) is 11.8 Å². The molecule has 0 aliphatic carbocycles. The Morgan fingerprint density at radius 2 is 1.81 bits per heavy atom. The van der Waals surface area contributed by atoms with Crippen LogP contribution in [0.25, 0.3) is 0 Å². The zero-order valence-electron chi connectivity index (χ0n) is 15.7. The number of hydrogen-bond acceptors (Lipinski definition) is 3. The summed E-state index contributed by atoms with van der Waals surface area (Å²) in [5.74, 6) is 0.902. The number of aromatic nitrogens is 1. The topological polar surface area (TPSA) is 36.4 Å². The van der Waals surface area contributed by atoms with Crippen LogP contribution in [0.15, 0.2) is 67.0 Å². The lowest BCUT2D eigenvalue weighted by atomic mass is 9.81. The Hall–Kier alpha value is -2.62. The first-order valence-corrected chi connectivity index (χ1v) is 9.94. The molecule has 0 radical (unpaired) electrons. The predicted octanol–water partition coefficient (Wildman–Crippen LogP) is 3.90. The van der Waals surface area contributed by atoms with Crippen molar-refractivity contribution >= 4 is 11.6 Å². The molecule has 0 N–H and O–H groups in total. The van der Waals surface area contributed by atoms with Crippen molar-refractivity contribution < 1.29 is 4.79 Å². The van der Waals surface area contributed by atoms with E-state index in [1.54, 1.807) is 0 Å². The number of allylic oxidation sites excluding steroid dienone is 1. The summed E-state index contributed by atoms with van der Waals surface area (Å²) in [6, 6.07) is 14.4. The molecule has 4 rings (SSSR count). The van der Waals surface area contributed by atoms with E-state index >= 15 is 0 Å². The Bertz CT molecular complexity index is 767. The molecule has 1 aromatic carbocycles. The molecule has 1 unspecified atom stereocenters. The van der Waals surface area contributed by atoms with Gasteiger partial charge in [-0.25, -0.2) is 0 Å². The van der Waals surface area contributed by atoms with Crippen LogP contribution in [0.4, 0.5) is 5.69 Å². The molecule has 1 amide bonds. The Kier molecular flexibility index (Phi) is 5.52. The number of piperidine rings is 1. The molecule has 2 aromatic rings. The average molecular weight is 361 g/mol. The van der Waals surface area contributed by atoms with Crippen molar-refractivity contribution in [3.05, 3.63) is 72.6 Å². The second-order valence-electron chi connectivity index (χ2n) is 7.55. The van der Waals surface area contributed by atoms with Gasteiger partial charge in [0.15, 0.2) is 0 Å². The van der Waals surface area contributed by atoms with Crippen LogP contribution in [-0.4, -0.2) is 35.4 Å². The molecule has 2 aliphatic heterocycles. The minimum absolute atomic E-state index is 0.114. The molecular formula is C23H27N3O. The first kappa shape index (κ1) is 17.8. The Labute approximate surface area is 161 Å². The van der Waals surface area contributed by atoms with Gasteiger partial charge in [0.25, 0.3) is 0 Å². The van der Waals surface area contributed by atoms with Gasteiger partial charge in [-0.1, -0.05) is 42.5 Å². The molecule has 0 spiro atoms. The van der Waals surface area contributed by atoms with E-state index in [2.05, 4.69) is 40.2 Å². The minimum Gasteiger partial charge on any atom is -0.370 e. The molecule has 2 aliphatic rings. The Balaban J connectivity index is 1.40. The lowest BCUT2D eigenvalue weighted by Gasteiger charge is -2.37. The van der Waals surface area contributed by atoms with Gasteiger partial charge < -0.3 is 9.80 Å². The van der Waals surface area contributed by atoms with Gasteiger partial charge in [0.05, 0.1) is 11.9 Å². The third kappa shape index (κ3) is 4.21. The lowest BCUT2D eigenvalue weighted by molar-refractivity contribution is -0.137. The summed E-state index contributed by atoms with van der Waals surface area (Å²) in [6.45, 7) is 3.43. The van der Waals surface area contributed by atoms with Crippen LogP contribution in [-0.2, 0) is 11.3 Å². The lowest BCUT2D eigenvalue weighted by Crippen LogP contribution is -2.42. The molecule has 140 valence electrons. The summed E-state index contributed by atoms with van der Waals surface area (Å²) in [7, 11) is 0. The maximum Gasteiger partial charge on any atom is 0.226 e. The van der Waals surface area contributed by atoms with Crippen molar-refractivity contribution in [2.45, 2.75) is 25.8 Å². The van der Waals surface area contributed by atoms with E-state index in [-0.39, 0.29) is 5.92 Å². The molecular weight excluding hydrogens is 334 g/mol. The number of anilines is 1. The summed E-state index contributed by atoms with van der Waals surface area (Å²) in [4.78, 5) is 21.9. The highest BCUT2D eigenvalue weighted by atomic mass is 16.2. The van der Waals surface area contributed by atoms with Crippen LogP contribution in [0.5, 0.6) is 0 Å². The van der Waals surface area contributed by atoms with E-state index in [0.717, 1.165) is 38.9 Å². The van der Waals surface area contributed by atoms with Crippen molar-refractivity contribution in [3.63, 3.8) is 0 Å². The number of carbonyl (C=O) groups excluding carboxylic acids is 1. The molecule has 4 heteroatoms. The molecule has 0 bridgehead atoms. The largest absolute Gasteiger partial charge is 0.370 e. The zero-order valence-corrected chi connectivity index (χ0v) is 15.7. The van der Waals surface area contributed by atoms with Gasteiger partial charge in [-0.15, -0.1) is 0 Å². The molecule has 1 fully saturated rings. The highest BCUT2D eigenvalue weighted by molar-refractivity contribution is 5.80. The summed E-state index contributed by atoms with van der Waals surface area (Å²) in [6.07, 6.45) is 11.1. The molecule has 3 heterocycles. The van der Waals surface area contributed by atoms with E-state index in [1.165, 1.54) is 11.3 Å². The minimum atomic E-state index is 0.114. The van der Waals surface area contributed by atoms with Crippen LogP contribution >= 0.6 is 0 Å². The zero-order chi connectivity index (χ0) is 18.5. The molecule has 1 atom stereocenters.